The maximum atomic E-state index is 6.82. The summed E-state index contributed by atoms with van der Waals surface area (Å²) in [6, 6.07) is 31.2. The van der Waals surface area contributed by atoms with E-state index in [9.17, 15) is 0 Å². The fourth-order valence-electron chi connectivity index (χ4n) is 5.68. The Balaban J connectivity index is 1.36. The normalized spacial score (nSPS) is 12.4. The summed E-state index contributed by atoms with van der Waals surface area (Å²) in [6.07, 6.45) is 19.1. The summed E-state index contributed by atoms with van der Waals surface area (Å²) < 4.78 is 12.8. The van der Waals surface area contributed by atoms with E-state index in [1.165, 1.54) is 83.5 Å². The first-order chi connectivity index (χ1) is 20.3. The summed E-state index contributed by atoms with van der Waals surface area (Å²) in [6.45, 7) is 3.96. The summed E-state index contributed by atoms with van der Waals surface area (Å²) in [5.74, 6) is 0. The van der Waals surface area contributed by atoms with Crippen molar-refractivity contribution in [1.82, 2.24) is 0 Å². The third-order valence-electron chi connectivity index (χ3n) is 8.03. The van der Waals surface area contributed by atoms with Gasteiger partial charge in [0.25, 0.3) is 0 Å². The summed E-state index contributed by atoms with van der Waals surface area (Å²) in [5.41, 5.74) is 9.06. The molecule has 0 spiro atoms. The zero-order valence-corrected chi connectivity index (χ0v) is 25.7. The molecular weight excluding hydrogens is 502 g/mol. The quantitative estimate of drug-likeness (QED) is 0.0932. The van der Waals surface area contributed by atoms with Crippen LogP contribution in [0.25, 0.3) is 0 Å². The molecule has 0 aromatic heterocycles. The van der Waals surface area contributed by atoms with Crippen molar-refractivity contribution in [2.45, 2.75) is 108 Å². The number of hydrogen-bond acceptors (Lipinski definition) is 3. The van der Waals surface area contributed by atoms with Gasteiger partial charge in [0.05, 0.1) is 19.3 Å². The molecule has 41 heavy (non-hydrogen) atoms. The van der Waals surface area contributed by atoms with Gasteiger partial charge in [-0.1, -0.05) is 181 Å². The van der Waals surface area contributed by atoms with E-state index in [-0.39, 0.29) is 6.04 Å². The molecule has 3 nitrogen and oxygen atoms in total. The van der Waals surface area contributed by atoms with Gasteiger partial charge in [-0.2, -0.15) is 0 Å². The fourth-order valence-corrected chi connectivity index (χ4v) is 5.68. The van der Waals surface area contributed by atoms with E-state index >= 15 is 0 Å². The Morgan fingerprint density at radius 3 is 1.27 bits per heavy atom. The van der Waals surface area contributed by atoms with Crippen LogP contribution in [-0.2, 0) is 15.1 Å². The second kappa shape index (κ2) is 20.4. The van der Waals surface area contributed by atoms with E-state index in [0.29, 0.717) is 13.2 Å². The number of unbranched alkanes of at least 4 members (excludes halogenated alkanes) is 13. The van der Waals surface area contributed by atoms with Gasteiger partial charge in [-0.25, -0.2) is 0 Å². The Hall–Kier alpha value is -2.46. The smallest absolute Gasteiger partial charge is 0.143 e. The molecule has 0 radical (unpaired) electrons. The molecule has 0 fully saturated rings. The Labute approximate surface area is 250 Å². The third-order valence-corrected chi connectivity index (χ3v) is 8.03. The number of hydrogen-bond donors (Lipinski definition) is 1. The minimum Gasteiger partial charge on any atom is -0.380 e. The first-order valence-electron chi connectivity index (χ1n) is 16.4. The monoisotopic (exact) mass is 557 g/mol. The molecule has 0 unspecified atom stereocenters. The molecular formula is C38H55NO2. The molecule has 3 rings (SSSR count). The average molecular weight is 558 g/mol. The Morgan fingerprint density at radius 2 is 0.878 bits per heavy atom. The van der Waals surface area contributed by atoms with Gasteiger partial charge in [0.1, 0.15) is 5.60 Å². The molecule has 0 heterocycles. The maximum Gasteiger partial charge on any atom is 0.143 e. The number of benzene rings is 3. The van der Waals surface area contributed by atoms with E-state index in [4.69, 9.17) is 15.2 Å². The Kier molecular flexibility index (Phi) is 16.5. The molecule has 0 aliphatic carbocycles. The summed E-state index contributed by atoms with van der Waals surface area (Å²) >= 11 is 0. The van der Waals surface area contributed by atoms with E-state index in [0.717, 1.165) is 29.7 Å². The standard InChI is InChI=1S/C38H55NO2/c1-2-3-4-5-6-7-8-9-10-11-12-13-14-24-31-40-32-37(39)33-41-38(34-25-18-15-19-26-34,35-27-20-16-21-28-35)36-29-22-17-23-30-36/h15-23,25-30,37H,2-14,24,31-33,39H2,1H3/t37-/m1/s1. The third kappa shape index (κ3) is 11.7. The molecule has 224 valence electrons. The lowest BCUT2D eigenvalue weighted by Crippen LogP contribution is -2.39. The molecule has 3 aromatic rings. The van der Waals surface area contributed by atoms with Crippen molar-refractivity contribution < 1.29 is 9.47 Å². The SMILES string of the molecule is CCCCCCCCCCCCCCCCOC[C@@H](N)COC(c1ccccc1)(c1ccccc1)c1ccccc1. The highest BCUT2D eigenvalue weighted by Crippen LogP contribution is 2.40. The van der Waals surface area contributed by atoms with Crippen molar-refractivity contribution in [2.24, 2.45) is 5.73 Å². The first kappa shape index (κ1) is 33.0. The molecule has 0 bridgehead atoms. The lowest BCUT2D eigenvalue weighted by Gasteiger charge is -2.36. The van der Waals surface area contributed by atoms with Gasteiger partial charge in [0, 0.05) is 6.61 Å². The molecule has 0 saturated carbocycles. The minimum atomic E-state index is -0.740. The van der Waals surface area contributed by atoms with Crippen molar-refractivity contribution in [3.8, 4) is 0 Å². The van der Waals surface area contributed by atoms with Crippen LogP contribution in [0, 0.1) is 0 Å². The van der Waals surface area contributed by atoms with Gasteiger partial charge in [0.15, 0.2) is 0 Å². The van der Waals surface area contributed by atoms with Gasteiger partial charge in [-0.3, -0.25) is 0 Å². The van der Waals surface area contributed by atoms with Crippen molar-refractivity contribution in [2.75, 3.05) is 19.8 Å². The van der Waals surface area contributed by atoms with E-state index in [2.05, 4.69) is 79.7 Å². The van der Waals surface area contributed by atoms with Crippen LogP contribution in [0.3, 0.4) is 0 Å². The summed E-state index contributed by atoms with van der Waals surface area (Å²) in [4.78, 5) is 0. The second-order valence-corrected chi connectivity index (χ2v) is 11.5. The predicted octanol–water partition coefficient (Wildman–Crippen LogP) is 9.82. The largest absolute Gasteiger partial charge is 0.380 e. The summed E-state index contributed by atoms with van der Waals surface area (Å²) in [7, 11) is 0. The van der Waals surface area contributed by atoms with Gasteiger partial charge in [0.2, 0.25) is 0 Å². The average Bonchev–Trinajstić information content (AvgIpc) is 3.03. The van der Waals surface area contributed by atoms with Gasteiger partial charge in [-0.15, -0.1) is 0 Å². The van der Waals surface area contributed by atoms with E-state index in [1.54, 1.807) is 0 Å². The van der Waals surface area contributed by atoms with Crippen LogP contribution in [0.4, 0.5) is 0 Å². The maximum absolute atomic E-state index is 6.82. The molecule has 0 saturated heterocycles. The number of nitrogens with two attached hydrogens (primary N) is 1. The number of rotatable bonds is 23. The van der Waals surface area contributed by atoms with Crippen LogP contribution in [0.15, 0.2) is 91.0 Å². The minimum absolute atomic E-state index is 0.197. The zero-order valence-electron chi connectivity index (χ0n) is 25.7. The molecule has 3 aromatic carbocycles. The van der Waals surface area contributed by atoms with Crippen molar-refractivity contribution in [3.63, 3.8) is 0 Å². The lowest BCUT2D eigenvalue weighted by molar-refractivity contribution is -0.00982. The molecule has 0 aliphatic heterocycles. The van der Waals surface area contributed by atoms with Crippen molar-refractivity contribution in [3.05, 3.63) is 108 Å². The number of ether oxygens (including phenoxy) is 2. The highest BCUT2D eigenvalue weighted by Gasteiger charge is 2.37. The highest BCUT2D eigenvalue weighted by atomic mass is 16.5. The zero-order chi connectivity index (χ0) is 28.9. The molecule has 0 aliphatic rings. The second-order valence-electron chi connectivity index (χ2n) is 11.5. The van der Waals surface area contributed by atoms with Crippen LogP contribution in [0.5, 0.6) is 0 Å². The fraction of sp³-hybridized carbons (Fsp3) is 0.526. The van der Waals surface area contributed by atoms with Gasteiger partial charge >= 0.3 is 0 Å². The van der Waals surface area contributed by atoms with Gasteiger partial charge in [-0.05, 0) is 23.1 Å². The lowest BCUT2D eigenvalue weighted by atomic mass is 9.80. The van der Waals surface area contributed by atoms with Crippen molar-refractivity contribution >= 4 is 0 Å². The van der Waals surface area contributed by atoms with E-state index in [1.807, 2.05) is 18.2 Å². The topological polar surface area (TPSA) is 44.5 Å². The van der Waals surface area contributed by atoms with Gasteiger partial charge < -0.3 is 15.2 Å². The van der Waals surface area contributed by atoms with E-state index < -0.39 is 5.60 Å². The summed E-state index contributed by atoms with van der Waals surface area (Å²) in [5, 5.41) is 0. The predicted molar refractivity (Wildman–Crippen MR) is 174 cm³/mol. The molecule has 3 heteroatoms. The van der Waals surface area contributed by atoms with Crippen molar-refractivity contribution in [1.29, 1.82) is 0 Å². The van der Waals surface area contributed by atoms with Crippen LogP contribution >= 0.6 is 0 Å². The molecule has 0 amide bonds. The van der Waals surface area contributed by atoms with Crippen LogP contribution in [0.2, 0.25) is 0 Å². The van der Waals surface area contributed by atoms with Crippen LogP contribution in [-0.4, -0.2) is 25.9 Å². The van der Waals surface area contributed by atoms with Crippen LogP contribution < -0.4 is 5.73 Å². The van der Waals surface area contributed by atoms with Crippen LogP contribution in [0.1, 0.15) is 114 Å². The first-order valence-corrected chi connectivity index (χ1v) is 16.4. The Morgan fingerprint density at radius 1 is 0.512 bits per heavy atom. The molecule has 2 N–H and O–H groups in total. The Bertz CT molecular complexity index is 912. The highest BCUT2D eigenvalue weighted by molar-refractivity contribution is 5.47. The molecule has 1 atom stereocenters.